The van der Waals surface area contributed by atoms with E-state index in [0.29, 0.717) is 23.8 Å². The van der Waals surface area contributed by atoms with Crippen LogP contribution in [-0.2, 0) is 23.8 Å². The molecular weight excluding hydrogens is 616 g/mol. The van der Waals surface area contributed by atoms with Crippen LogP contribution in [0.15, 0.2) is 22.8 Å². The maximum absolute atomic E-state index is 12.3. The van der Waals surface area contributed by atoms with Crippen LogP contribution in [0.4, 0.5) is 0 Å². The Morgan fingerprint density at radius 2 is 1.69 bits per heavy atom. The second kappa shape index (κ2) is 13.4. The maximum atomic E-state index is 12.3. The van der Waals surface area contributed by atoms with Gasteiger partial charge < -0.3 is 39.7 Å². The standard InChI is InChI=1S/C38H60O10/c1-20(10-9-11-21(2)33(44)45)23-14-17-37(7)24(23)12-13-27-36(6)16-15-28(46-22(3)40)35(4,5)32(36)25(18-38(27,37)8)47-34-31(43)30(42)29(41)26(19-39)48-34/h11,20,25-32,34,39,41-43H,9-10,12-19H2,1-8H3,(H,44,45)/b21-11+/t20-,25-,26?,27+,28+,29?,30?,31?,32-,34?,36+,37+,38+/m0/s1. The van der Waals surface area contributed by atoms with Crippen molar-refractivity contribution in [2.75, 3.05) is 6.61 Å². The molecule has 0 bridgehead atoms. The molecule has 0 radical (unpaired) electrons. The van der Waals surface area contributed by atoms with E-state index in [9.17, 15) is 35.1 Å². The molecule has 4 aliphatic carbocycles. The molecule has 4 fully saturated rings. The Hall–Kier alpha value is -1.82. The van der Waals surface area contributed by atoms with Gasteiger partial charge in [-0.05, 0) is 98.7 Å². The van der Waals surface area contributed by atoms with Gasteiger partial charge in [0, 0.05) is 17.9 Å². The van der Waals surface area contributed by atoms with Crippen LogP contribution in [-0.4, -0.2) is 87.0 Å². The summed E-state index contributed by atoms with van der Waals surface area (Å²) < 4.78 is 18.7. The second-order valence-electron chi connectivity index (χ2n) is 17.0. The normalized spacial score (nSPS) is 44.8. The van der Waals surface area contributed by atoms with Crippen molar-refractivity contribution in [3.63, 3.8) is 0 Å². The number of aliphatic carboxylic acids is 1. The number of fused-ring (bicyclic) bond motifs is 5. The molecule has 272 valence electrons. The van der Waals surface area contributed by atoms with E-state index in [4.69, 9.17) is 14.2 Å². The Labute approximate surface area is 285 Å². The summed E-state index contributed by atoms with van der Waals surface area (Å²) in [5, 5.41) is 51.4. The molecule has 1 heterocycles. The number of carbonyl (C=O) groups excluding carboxylic acids is 1. The van der Waals surface area contributed by atoms with Crippen molar-refractivity contribution >= 4 is 11.9 Å². The molecule has 48 heavy (non-hydrogen) atoms. The molecule has 0 spiro atoms. The lowest BCUT2D eigenvalue weighted by Crippen LogP contribution is -2.69. The number of rotatable bonds is 9. The van der Waals surface area contributed by atoms with Crippen molar-refractivity contribution in [3.8, 4) is 0 Å². The van der Waals surface area contributed by atoms with E-state index in [2.05, 4.69) is 41.5 Å². The minimum atomic E-state index is -1.54. The zero-order valence-electron chi connectivity index (χ0n) is 30.2. The van der Waals surface area contributed by atoms with Crippen LogP contribution in [0, 0.1) is 39.4 Å². The average molecular weight is 677 g/mol. The molecule has 5 N–H and O–H groups in total. The highest BCUT2D eigenvalue weighted by atomic mass is 16.7. The third-order valence-electron chi connectivity index (χ3n) is 14.2. The number of allylic oxidation sites excluding steroid dienone is 3. The largest absolute Gasteiger partial charge is 0.478 e. The molecule has 10 nitrogen and oxygen atoms in total. The molecular formula is C38H60O10. The van der Waals surface area contributed by atoms with Gasteiger partial charge in [0.1, 0.15) is 30.5 Å². The quantitative estimate of drug-likeness (QED) is 0.0982. The third-order valence-corrected chi connectivity index (χ3v) is 14.2. The summed E-state index contributed by atoms with van der Waals surface area (Å²) in [5.74, 6) is -0.576. The van der Waals surface area contributed by atoms with Crippen molar-refractivity contribution in [2.24, 2.45) is 39.4 Å². The fourth-order valence-electron chi connectivity index (χ4n) is 11.6. The first-order valence-electron chi connectivity index (χ1n) is 18.1. The Bertz CT molecular complexity index is 1300. The van der Waals surface area contributed by atoms with Gasteiger partial charge in [-0.2, -0.15) is 0 Å². The first kappa shape index (κ1) is 37.4. The summed E-state index contributed by atoms with van der Waals surface area (Å²) in [6.45, 7) is 16.4. The fourth-order valence-corrected chi connectivity index (χ4v) is 11.6. The first-order valence-corrected chi connectivity index (χ1v) is 18.1. The van der Waals surface area contributed by atoms with Gasteiger partial charge in [-0.1, -0.05) is 58.8 Å². The fraction of sp³-hybridized carbons (Fsp3) is 0.842. The topological polar surface area (TPSA) is 163 Å². The third kappa shape index (κ3) is 6.00. The SMILES string of the molecule is CC(=O)O[C@@H]1CC[C@]2(C)[C@H]3CCC4=C([C@@H](C)CC/C=C(\C)C(=O)O)CC[C@@]4(C)[C@]3(C)C[C@H](OC3OC(CO)C(O)C(O)C3O)[C@H]2C1(C)C. The molecule has 5 aliphatic rings. The van der Waals surface area contributed by atoms with E-state index in [-0.39, 0.29) is 34.2 Å². The molecule has 10 heteroatoms. The molecule has 5 rings (SSSR count). The van der Waals surface area contributed by atoms with E-state index in [0.717, 1.165) is 51.4 Å². The minimum absolute atomic E-state index is 0.0771. The van der Waals surface area contributed by atoms with Gasteiger partial charge in [-0.15, -0.1) is 0 Å². The Kier molecular flexibility index (Phi) is 10.4. The maximum Gasteiger partial charge on any atom is 0.330 e. The highest BCUT2D eigenvalue weighted by Crippen LogP contribution is 2.75. The summed E-state index contributed by atoms with van der Waals surface area (Å²) in [5.41, 5.74) is 2.46. The van der Waals surface area contributed by atoms with Crippen molar-refractivity contribution in [3.05, 3.63) is 22.8 Å². The number of aliphatic hydroxyl groups excluding tert-OH is 4. The summed E-state index contributed by atoms with van der Waals surface area (Å²) in [7, 11) is 0. The van der Waals surface area contributed by atoms with Crippen LogP contribution in [0.5, 0.6) is 0 Å². The van der Waals surface area contributed by atoms with E-state index >= 15 is 0 Å². The lowest BCUT2D eigenvalue weighted by molar-refractivity contribution is -0.341. The van der Waals surface area contributed by atoms with Crippen molar-refractivity contribution in [1.29, 1.82) is 0 Å². The van der Waals surface area contributed by atoms with Crippen LogP contribution in [0.3, 0.4) is 0 Å². The van der Waals surface area contributed by atoms with Gasteiger partial charge in [-0.3, -0.25) is 4.79 Å². The number of carboxylic acid groups (broad SMARTS) is 1. The molecule has 13 atom stereocenters. The van der Waals surface area contributed by atoms with Crippen LogP contribution < -0.4 is 0 Å². The van der Waals surface area contributed by atoms with Crippen LogP contribution in [0.2, 0.25) is 0 Å². The van der Waals surface area contributed by atoms with Gasteiger partial charge in [0.25, 0.3) is 0 Å². The van der Waals surface area contributed by atoms with E-state index in [1.54, 1.807) is 6.92 Å². The smallest absolute Gasteiger partial charge is 0.330 e. The monoisotopic (exact) mass is 676 g/mol. The number of aliphatic hydroxyl groups is 4. The molecule has 1 saturated heterocycles. The number of hydrogen-bond donors (Lipinski definition) is 5. The van der Waals surface area contributed by atoms with Gasteiger partial charge in [0.2, 0.25) is 0 Å². The Morgan fingerprint density at radius 1 is 1.00 bits per heavy atom. The van der Waals surface area contributed by atoms with Crippen molar-refractivity contribution in [2.45, 2.75) is 156 Å². The number of carbonyl (C=O) groups is 2. The first-order chi connectivity index (χ1) is 22.3. The predicted octanol–water partition coefficient (Wildman–Crippen LogP) is 4.91. The minimum Gasteiger partial charge on any atom is -0.478 e. The molecule has 0 amide bonds. The lowest BCUT2D eigenvalue weighted by Gasteiger charge is -2.70. The van der Waals surface area contributed by atoms with Gasteiger partial charge >= 0.3 is 11.9 Å². The second-order valence-corrected chi connectivity index (χ2v) is 17.0. The van der Waals surface area contributed by atoms with Gasteiger partial charge in [0.05, 0.1) is 12.7 Å². The van der Waals surface area contributed by atoms with Crippen LogP contribution in [0.25, 0.3) is 0 Å². The Balaban J connectivity index is 1.53. The summed E-state index contributed by atoms with van der Waals surface area (Å²) in [4.78, 5) is 23.6. The number of hydrogen-bond acceptors (Lipinski definition) is 9. The molecule has 3 saturated carbocycles. The zero-order chi connectivity index (χ0) is 35.6. The Morgan fingerprint density at radius 3 is 2.31 bits per heavy atom. The number of ether oxygens (including phenoxy) is 3. The van der Waals surface area contributed by atoms with E-state index in [1.165, 1.54) is 18.1 Å². The zero-order valence-corrected chi connectivity index (χ0v) is 30.2. The molecule has 1 aliphatic heterocycles. The van der Waals surface area contributed by atoms with Gasteiger partial charge in [0.15, 0.2) is 6.29 Å². The van der Waals surface area contributed by atoms with E-state index < -0.39 is 54.8 Å². The van der Waals surface area contributed by atoms with E-state index in [1.807, 2.05) is 6.08 Å². The number of esters is 1. The number of carboxylic acids is 1. The summed E-state index contributed by atoms with van der Waals surface area (Å²) in [6, 6.07) is 0. The molecule has 5 unspecified atom stereocenters. The van der Waals surface area contributed by atoms with Gasteiger partial charge in [-0.25, -0.2) is 4.79 Å². The highest BCUT2D eigenvalue weighted by molar-refractivity contribution is 5.85. The average Bonchev–Trinajstić information content (AvgIpc) is 3.36. The summed E-state index contributed by atoms with van der Waals surface area (Å²) in [6.07, 6.45) is 2.18. The van der Waals surface area contributed by atoms with Crippen LogP contribution in [0.1, 0.15) is 113 Å². The molecule has 0 aromatic carbocycles. The molecule has 0 aromatic heterocycles. The lowest BCUT2D eigenvalue weighted by atomic mass is 9.35. The van der Waals surface area contributed by atoms with Crippen molar-refractivity contribution in [1.82, 2.24) is 0 Å². The highest BCUT2D eigenvalue weighted by Gasteiger charge is 2.70. The van der Waals surface area contributed by atoms with Crippen molar-refractivity contribution < 1.29 is 49.3 Å². The summed E-state index contributed by atoms with van der Waals surface area (Å²) >= 11 is 0. The van der Waals surface area contributed by atoms with Crippen LogP contribution >= 0.6 is 0 Å². The predicted molar refractivity (Wildman–Crippen MR) is 178 cm³/mol. The molecule has 0 aromatic rings.